The van der Waals surface area contributed by atoms with Gasteiger partial charge in [-0.2, -0.15) is 10.2 Å². The molecule has 2 saturated heterocycles. The summed E-state index contributed by atoms with van der Waals surface area (Å²) < 4.78 is 38.9. The molecular weight excluding hydrogens is 586 g/mol. The van der Waals surface area contributed by atoms with Gasteiger partial charge >= 0.3 is 6.03 Å². The third-order valence-electron chi connectivity index (χ3n) is 9.38. The lowest BCUT2D eigenvalue weighted by molar-refractivity contribution is -0.129. The van der Waals surface area contributed by atoms with Crippen molar-refractivity contribution >= 4 is 35.2 Å². The molecule has 4 amide bonds. The second-order valence-corrected chi connectivity index (χ2v) is 12.1. The van der Waals surface area contributed by atoms with Crippen molar-refractivity contribution in [3.63, 3.8) is 0 Å². The van der Waals surface area contributed by atoms with Gasteiger partial charge in [0.05, 0.1) is 18.3 Å². The summed E-state index contributed by atoms with van der Waals surface area (Å²) in [5, 5.41) is 11.9. The second-order valence-electron chi connectivity index (χ2n) is 12.1. The molecule has 1 N–H and O–H groups in total. The fraction of sp³-hybridized carbons (Fsp3) is 0.516. The maximum atomic E-state index is 14.8. The number of carbonyl (C=O) groups is 3. The molecule has 3 aromatic rings. The van der Waals surface area contributed by atoms with E-state index in [2.05, 4.69) is 20.0 Å². The molecule has 0 radical (unpaired) electrons. The minimum Gasteiger partial charge on any atom is -0.381 e. The van der Waals surface area contributed by atoms with Gasteiger partial charge in [0.15, 0.2) is 11.6 Å². The first kappa shape index (κ1) is 29.4. The quantitative estimate of drug-likeness (QED) is 0.457. The van der Waals surface area contributed by atoms with Gasteiger partial charge in [-0.25, -0.2) is 13.6 Å². The molecule has 6 heterocycles. The molecule has 4 aliphatic rings. The number of nitrogens with zero attached hydrogens (tertiary/aromatic N) is 7. The average Bonchev–Trinajstić information content (AvgIpc) is 3.60. The van der Waals surface area contributed by atoms with E-state index in [9.17, 15) is 23.2 Å². The van der Waals surface area contributed by atoms with Crippen molar-refractivity contribution in [2.24, 2.45) is 7.05 Å². The number of alkyl halides is 2. The number of fused-ring (bicyclic) bond motifs is 2. The molecule has 1 aromatic carbocycles. The van der Waals surface area contributed by atoms with E-state index in [-0.39, 0.29) is 42.2 Å². The maximum absolute atomic E-state index is 14.8. The van der Waals surface area contributed by atoms with Crippen LogP contribution >= 0.6 is 0 Å². The summed E-state index contributed by atoms with van der Waals surface area (Å²) in [6.07, 6.45) is 1.24. The van der Waals surface area contributed by atoms with Gasteiger partial charge in [-0.3, -0.25) is 29.2 Å². The molecule has 2 aromatic heterocycles. The third kappa shape index (κ3) is 5.24. The summed E-state index contributed by atoms with van der Waals surface area (Å²) in [5.41, 5.74) is 4.35. The molecule has 4 aliphatic heterocycles. The minimum absolute atomic E-state index is 0.00160. The topological polar surface area (TPSA) is 118 Å². The Morgan fingerprint density at radius 3 is 2.56 bits per heavy atom. The number of aromatic nitrogens is 4. The van der Waals surface area contributed by atoms with Crippen molar-refractivity contribution in [1.82, 2.24) is 29.8 Å². The molecule has 45 heavy (non-hydrogen) atoms. The molecule has 0 spiro atoms. The van der Waals surface area contributed by atoms with Crippen LogP contribution in [0.1, 0.15) is 67.5 Å². The Morgan fingerprint density at radius 2 is 1.82 bits per heavy atom. The highest BCUT2D eigenvalue weighted by atomic mass is 19.3. The third-order valence-corrected chi connectivity index (χ3v) is 9.38. The van der Waals surface area contributed by atoms with E-state index >= 15 is 0 Å². The van der Waals surface area contributed by atoms with Gasteiger partial charge in [-0.1, -0.05) is 0 Å². The Labute approximate surface area is 258 Å². The number of aryl methyl sites for hydroxylation is 2. The number of rotatable bonds is 5. The Hall–Kier alpha value is -4.33. The van der Waals surface area contributed by atoms with Crippen LogP contribution < -0.4 is 15.1 Å². The molecule has 0 unspecified atom stereocenters. The van der Waals surface area contributed by atoms with Crippen LogP contribution in [0.5, 0.6) is 0 Å². The van der Waals surface area contributed by atoms with Crippen molar-refractivity contribution in [3.8, 4) is 11.3 Å². The summed E-state index contributed by atoms with van der Waals surface area (Å²) in [7, 11) is 1.66. The van der Waals surface area contributed by atoms with Crippen molar-refractivity contribution in [2.45, 2.75) is 64.5 Å². The van der Waals surface area contributed by atoms with Gasteiger partial charge in [0.25, 0.3) is 6.43 Å². The fourth-order valence-electron chi connectivity index (χ4n) is 7.04. The molecule has 238 valence electrons. The number of amides is 4. The van der Waals surface area contributed by atoms with E-state index in [0.717, 1.165) is 41.9 Å². The van der Waals surface area contributed by atoms with Crippen LogP contribution in [0.3, 0.4) is 0 Å². The first-order valence-corrected chi connectivity index (χ1v) is 15.5. The van der Waals surface area contributed by atoms with E-state index < -0.39 is 12.5 Å². The summed E-state index contributed by atoms with van der Waals surface area (Å²) in [6.45, 7) is 4.73. The summed E-state index contributed by atoms with van der Waals surface area (Å²) >= 11 is 0. The molecule has 0 aliphatic carbocycles. The zero-order chi connectivity index (χ0) is 31.4. The van der Waals surface area contributed by atoms with Gasteiger partial charge in [0.2, 0.25) is 11.8 Å². The van der Waals surface area contributed by atoms with Gasteiger partial charge in [0, 0.05) is 93.8 Å². The SMILES string of the molecule is CC(=O)N1CCc2c(c(N3CCCc4cc(-c5cc(N6CCC(=O)NC6=O)nn5C)c(C(F)F)cc43)nn2C2CCOCC2)C1. The number of hydrogen-bond donors (Lipinski definition) is 1. The monoisotopic (exact) mass is 622 g/mol. The molecule has 0 atom stereocenters. The number of halogens is 2. The van der Waals surface area contributed by atoms with Crippen molar-refractivity contribution < 1.29 is 27.9 Å². The predicted octanol–water partition coefficient (Wildman–Crippen LogP) is 4.01. The number of ether oxygens (including phenoxy) is 1. The fourth-order valence-corrected chi connectivity index (χ4v) is 7.04. The highest BCUT2D eigenvalue weighted by Gasteiger charge is 2.35. The standard InChI is InChI=1S/C31H36F2N8O4/c1-18(42)38-10-5-24-23(17-38)30(36-41(24)20-7-12-45-13-8-20)39-9-3-4-19-14-21(22(29(32)33)15-25(19)39)26-16-27(35-37(26)2)40-11-6-28(43)34-31(40)44/h14-16,20,29H,3-13,17H2,1-2H3,(H,34,43,44). The molecular formula is C31H36F2N8O4. The van der Waals surface area contributed by atoms with Crippen LogP contribution in [0.25, 0.3) is 11.3 Å². The first-order chi connectivity index (χ1) is 21.7. The molecule has 0 bridgehead atoms. The lowest BCUT2D eigenvalue weighted by Gasteiger charge is -2.33. The van der Waals surface area contributed by atoms with Crippen LogP contribution in [0, 0.1) is 0 Å². The van der Waals surface area contributed by atoms with E-state index in [1.807, 2.05) is 11.0 Å². The van der Waals surface area contributed by atoms with E-state index in [0.29, 0.717) is 62.6 Å². The summed E-state index contributed by atoms with van der Waals surface area (Å²) in [4.78, 5) is 41.7. The Morgan fingerprint density at radius 1 is 1.02 bits per heavy atom. The maximum Gasteiger partial charge on any atom is 0.329 e. The van der Waals surface area contributed by atoms with Crippen LogP contribution in [-0.4, -0.2) is 75.2 Å². The van der Waals surface area contributed by atoms with E-state index in [1.165, 1.54) is 9.58 Å². The molecule has 12 nitrogen and oxygen atoms in total. The zero-order valence-corrected chi connectivity index (χ0v) is 25.4. The molecule has 14 heteroatoms. The van der Waals surface area contributed by atoms with Crippen LogP contribution in [0.15, 0.2) is 18.2 Å². The van der Waals surface area contributed by atoms with E-state index in [4.69, 9.17) is 9.84 Å². The van der Waals surface area contributed by atoms with Gasteiger partial charge < -0.3 is 14.5 Å². The van der Waals surface area contributed by atoms with Crippen LogP contribution in [0.2, 0.25) is 0 Å². The highest BCUT2D eigenvalue weighted by Crippen LogP contribution is 2.44. The number of carbonyl (C=O) groups excluding carboxylic acids is 3. The van der Waals surface area contributed by atoms with E-state index in [1.54, 1.807) is 26.1 Å². The number of hydrogen-bond acceptors (Lipinski definition) is 7. The van der Waals surface area contributed by atoms with Crippen molar-refractivity contribution in [2.75, 3.05) is 42.6 Å². The second kappa shape index (κ2) is 11.5. The zero-order valence-electron chi connectivity index (χ0n) is 25.4. The number of anilines is 3. The largest absolute Gasteiger partial charge is 0.381 e. The van der Waals surface area contributed by atoms with Crippen LogP contribution in [-0.2, 0) is 40.8 Å². The summed E-state index contributed by atoms with van der Waals surface area (Å²) in [6, 6.07) is 4.60. The van der Waals surface area contributed by atoms with Gasteiger partial charge in [0.1, 0.15) is 0 Å². The van der Waals surface area contributed by atoms with Gasteiger partial charge in [-0.05, 0) is 43.4 Å². The Balaban J connectivity index is 1.30. The Kier molecular flexibility index (Phi) is 7.54. The smallest absolute Gasteiger partial charge is 0.329 e. The minimum atomic E-state index is -2.77. The van der Waals surface area contributed by atoms with Crippen molar-refractivity contribution in [1.29, 1.82) is 0 Å². The highest BCUT2D eigenvalue weighted by molar-refractivity contribution is 6.05. The number of nitrogens with one attached hydrogen (secondary N) is 1. The lowest BCUT2D eigenvalue weighted by Crippen LogP contribution is -2.49. The average molecular weight is 623 g/mol. The molecule has 2 fully saturated rings. The number of benzene rings is 1. The Bertz CT molecular complexity index is 1680. The van der Waals surface area contributed by atoms with Crippen molar-refractivity contribution in [3.05, 3.63) is 40.6 Å². The van der Waals surface area contributed by atoms with Gasteiger partial charge in [-0.15, -0.1) is 0 Å². The number of urea groups is 1. The van der Waals surface area contributed by atoms with Crippen LogP contribution in [0.4, 0.5) is 30.9 Å². The summed E-state index contributed by atoms with van der Waals surface area (Å²) in [5.74, 6) is 0.653. The normalized spacial score (nSPS) is 19.2. The number of imide groups is 1. The first-order valence-electron chi connectivity index (χ1n) is 15.5. The molecule has 0 saturated carbocycles. The predicted molar refractivity (Wildman–Crippen MR) is 161 cm³/mol. The molecule has 7 rings (SSSR count). The lowest BCUT2D eigenvalue weighted by atomic mass is 9.93.